The fraction of sp³-hybridized carbons (Fsp3) is 0.629. The van der Waals surface area contributed by atoms with Crippen molar-refractivity contribution in [3.63, 3.8) is 0 Å². The lowest BCUT2D eigenvalue weighted by molar-refractivity contribution is -0.155. The lowest BCUT2D eigenvalue weighted by Crippen LogP contribution is -2.55. The Morgan fingerprint density at radius 2 is 1.73 bits per heavy atom. The van der Waals surface area contributed by atoms with Crippen molar-refractivity contribution in [3.8, 4) is 0 Å². The van der Waals surface area contributed by atoms with Crippen LogP contribution < -0.4 is 9.80 Å². The lowest BCUT2D eigenvalue weighted by Gasteiger charge is -2.37. The normalized spacial score (nSPS) is 26.9. The number of ether oxygens (including phenoxy) is 1. The maximum absolute atomic E-state index is 14.8. The molecule has 9 heteroatoms. The molecule has 3 aliphatic rings. The zero-order valence-electron chi connectivity index (χ0n) is 26.8. The van der Waals surface area contributed by atoms with Crippen LogP contribution in [0, 0.1) is 11.8 Å². The maximum Gasteiger partial charge on any atom is 0.311 e. The van der Waals surface area contributed by atoms with Gasteiger partial charge in [-0.3, -0.25) is 14.4 Å². The Morgan fingerprint density at radius 3 is 2.36 bits per heavy atom. The third-order valence-corrected chi connectivity index (χ3v) is 11.7. The Kier molecular flexibility index (Phi) is 11.6. The van der Waals surface area contributed by atoms with Gasteiger partial charge < -0.3 is 24.5 Å². The summed E-state index contributed by atoms with van der Waals surface area (Å²) < 4.78 is 4.60. The number of aliphatic hydroxyl groups is 1. The summed E-state index contributed by atoms with van der Waals surface area (Å²) in [7, 11) is 0. The monoisotopic (exact) mass is 625 g/mol. The molecule has 0 aliphatic carbocycles. The molecule has 4 rings (SSSR count). The highest BCUT2D eigenvalue weighted by atomic mass is 32.2. The number of fused-ring (bicyclic) bond motifs is 1. The summed E-state index contributed by atoms with van der Waals surface area (Å²) in [5.41, 5.74) is 1.86. The Hall–Kier alpha value is -2.78. The van der Waals surface area contributed by atoms with Crippen molar-refractivity contribution in [2.45, 2.75) is 87.7 Å². The van der Waals surface area contributed by atoms with Crippen LogP contribution >= 0.6 is 11.8 Å². The molecule has 1 spiro atoms. The van der Waals surface area contributed by atoms with E-state index >= 15 is 0 Å². The summed E-state index contributed by atoms with van der Waals surface area (Å²) >= 11 is 1.67. The van der Waals surface area contributed by atoms with Crippen LogP contribution in [0.4, 0.5) is 11.4 Å². The van der Waals surface area contributed by atoms with Crippen LogP contribution in [0.2, 0.25) is 0 Å². The minimum atomic E-state index is -0.695. The van der Waals surface area contributed by atoms with Crippen molar-refractivity contribution in [3.05, 3.63) is 49.6 Å². The summed E-state index contributed by atoms with van der Waals surface area (Å²) in [6, 6.07) is 7.35. The summed E-state index contributed by atoms with van der Waals surface area (Å²) in [4.78, 5) is 48.6. The van der Waals surface area contributed by atoms with Gasteiger partial charge in [-0.05, 0) is 83.6 Å². The number of esters is 1. The first-order valence-corrected chi connectivity index (χ1v) is 17.2. The first-order chi connectivity index (χ1) is 21.2. The van der Waals surface area contributed by atoms with E-state index in [1.54, 1.807) is 33.7 Å². The molecule has 1 N–H and O–H groups in total. The third kappa shape index (κ3) is 6.45. The molecule has 44 heavy (non-hydrogen) atoms. The molecule has 242 valence electrons. The minimum absolute atomic E-state index is 0.107. The number of anilines is 2. The summed E-state index contributed by atoms with van der Waals surface area (Å²) in [5.74, 6) is -1.74. The number of thioether (sulfide) groups is 1. The number of carbonyl (C=O) groups excluding carboxylic acids is 3. The third-order valence-electron chi connectivity index (χ3n) is 9.74. The van der Waals surface area contributed by atoms with E-state index in [0.717, 1.165) is 56.6 Å². The molecule has 3 heterocycles. The largest absolute Gasteiger partial charge is 0.465 e. The highest BCUT2D eigenvalue weighted by Crippen LogP contribution is 2.71. The average Bonchev–Trinajstić information content (AvgIpc) is 3.59. The van der Waals surface area contributed by atoms with E-state index in [0.29, 0.717) is 39.0 Å². The van der Waals surface area contributed by atoms with Gasteiger partial charge in [0.1, 0.15) is 6.04 Å². The zero-order valence-corrected chi connectivity index (χ0v) is 27.7. The van der Waals surface area contributed by atoms with Crippen LogP contribution in [0.25, 0.3) is 0 Å². The number of aliphatic hydroxyl groups excluding tert-OH is 1. The Labute approximate surface area is 267 Å². The van der Waals surface area contributed by atoms with E-state index in [4.69, 9.17) is 4.74 Å². The van der Waals surface area contributed by atoms with Gasteiger partial charge in [0.2, 0.25) is 5.91 Å². The molecular formula is C35H51N3O5S. The standard InChI is InChI=1S/C35H51N3O5S/c1-6-10-15-25-43-33(42)29-28-31(40)38(23-13-11-12-14-24-39)30(35(28)21-20-34(29,5)44-35)32(41)37(22-7-2)27-18-16-26(17-19-27)36(8-3)9-4/h6-7,16-19,28-30,39H,1-2,8-15,20-25H2,3-5H3/t28-,29+,30?,34-,35?/m0/s1. The maximum atomic E-state index is 14.8. The molecule has 2 bridgehead atoms. The van der Waals surface area contributed by atoms with Gasteiger partial charge in [0.15, 0.2) is 0 Å². The second-order valence-corrected chi connectivity index (χ2v) is 14.3. The van der Waals surface area contributed by atoms with E-state index in [1.165, 1.54) is 0 Å². The number of carbonyl (C=O) groups is 3. The van der Waals surface area contributed by atoms with E-state index in [9.17, 15) is 19.5 Å². The van der Waals surface area contributed by atoms with Gasteiger partial charge >= 0.3 is 5.97 Å². The van der Waals surface area contributed by atoms with Crippen LogP contribution in [-0.4, -0.2) is 82.7 Å². The van der Waals surface area contributed by atoms with E-state index < -0.39 is 27.4 Å². The molecule has 1 aromatic rings. The van der Waals surface area contributed by atoms with Gasteiger partial charge in [-0.2, -0.15) is 0 Å². The van der Waals surface area contributed by atoms with Gasteiger partial charge in [-0.15, -0.1) is 24.9 Å². The smallest absolute Gasteiger partial charge is 0.311 e. The molecule has 3 saturated heterocycles. The quantitative estimate of drug-likeness (QED) is 0.129. The van der Waals surface area contributed by atoms with Crippen molar-refractivity contribution in [1.82, 2.24) is 4.90 Å². The van der Waals surface area contributed by atoms with Crippen molar-refractivity contribution in [2.75, 3.05) is 49.2 Å². The Balaban J connectivity index is 1.68. The highest BCUT2D eigenvalue weighted by Gasteiger charge is 2.77. The molecule has 3 aliphatic heterocycles. The molecule has 2 unspecified atom stereocenters. The van der Waals surface area contributed by atoms with E-state index in [2.05, 4.69) is 38.8 Å². The van der Waals surface area contributed by atoms with Crippen molar-refractivity contribution < 1.29 is 24.2 Å². The molecule has 2 amide bonds. The zero-order chi connectivity index (χ0) is 31.9. The predicted octanol–water partition coefficient (Wildman–Crippen LogP) is 5.60. The minimum Gasteiger partial charge on any atom is -0.465 e. The number of allylic oxidation sites excluding steroid dienone is 1. The Morgan fingerprint density at radius 1 is 1.05 bits per heavy atom. The lowest BCUT2D eigenvalue weighted by atomic mass is 9.66. The van der Waals surface area contributed by atoms with Crippen LogP contribution in [-0.2, 0) is 19.1 Å². The van der Waals surface area contributed by atoms with Crippen molar-refractivity contribution in [2.24, 2.45) is 11.8 Å². The number of hydrogen-bond donors (Lipinski definition) is 1. The number of nitrogens with zero attached hydrogens (tertiary/aromatic N) is 3. The predicted molar refractivity (Wildman–Crippen MR) is 179 cm³/mol. The number of hydrogen-bond acceptors (Lipinski definition) is 7. The van der Waals surface area contributed by atoms with Crippen LogP contribution in [0.5, 0.6) is 0 Å². The highest BCUT2D eigenvalue weighted by molar-refractivity contribution is 8.02. The molecule has 0 radical (unpaired) electrons. The first-order valence-electron chi connectivity index (χ1n) is 16.4. The van der Waals surface area contributed by atoms with Crippen molar-refractivity contribution in [1.29, 1.82) is 0 Å². The summed E-state index contributed by atoms with van der Waals surface area (Å²) in [6.07, 6.45) is 9.60. The fourth-order valence-corrected chi connectivity index (χ4v) is 9.91. The van der Waals surface area contributed by atoms with Crippen LogP contribution in [0.1, 0.15) is 72.1 Å². The molecular weight excluding hydrogens is 574 g/mol. The molecule has 8 nitrogen and oxygen atoms in total. The van der Waals surface area contributed by atoms with Gasteiger partial charge in [0.05, 0.1) is 23.2 Å². The van der Waals surface area contributed by atoms with Crippen LogP contribution in [0.15, 0.2) is 49.6 Å². The first kappa shape index (κ1) is 34.1. The number of likely N-dealkylation sites (tertiary alicyclic amines) is 1. The molecule has 0 saturated carbocycles. The SMILES string of the molecule is C=CCCCOC(=O)[C@H]1[C@H]2C(=O)N(CCCCCCO)C(C(=O)N(CC=C)c3ccc(N(CC)CC)cc3)C23CC[C@]1(C)S3. The summed E-state index contributed by atoms with van der Waals surface area (Å²) in [5, 5.41) is 9.23. The average molecular weight is 626 g/mol. The molecule has 3 fully saturated rings. The van der Waals surface area contributed by atoms with Crippen LogP contribution in [0.3, 0.4) is 0 Å². The second kappa shape index (κ2) is 15.0. The van der Waals surface area contributed by atoms with E-state index in [-0.39, 0.29) is 24.4 Å². The molecule has 5 atom stereocenters. The number of rotatable bonds is 18. The van der Waals surface area contributed by atoms with Gasteiger partial charge in [0, 0.05) is 48.9 Å². The second-order valence-electron chi connectivity index (χ2n) is 12.4. The molecule has 1 aromatic carbocycles. The van der Waals surface area contributed by atoms with Crippen molar-refractivity contribution >= 4 is 40.9 Å². The van der Waals surface area contributed by atoms with E-state index in [1.807, 2.05) is 24.3 Å². The fourth-order valence-electron chi connectivity index (χ4n) is 7.57. The molecule has 0 aromatic heterocycles. The van der Waals surface area contributed by atoms with Gasteiger partial charge in [-0.25, -0.2) is 0 Å². The number of unbranched alkanes of at least 4 members (excludes halogenated alkanes) is 4. The topological polar surface area (TPSA) is 90.4 Å². The van der Waals surface area contributed by atoms with Gasteiger partial charge in [0.25, 0.3) is 5.91 Å². The summed E-state index contributed by atoms with van der Waals surface area (Å²) in [6.45, 7) is 17.0. The number of benzene rings is 1. The Bertz CT molecular complexity index is 1190. The number of amides is 2. The van der Waals surface area contributed by atoms with Gasteiger partial charge in [-0.1, -0.05) is 25.0 Å².